The highest BCUT2D eigenvalue weighted by atomic mass is 32.2. The molecule has 2 heterocycles. The first kappa shape index (κ1) is 20.0. The molecule has 3 aromatic rings. The molecule has 0 spiro atoms. The van der Waals surface area contributed by atoms with Crippen LogP contribution in [0.15, 0.2) is 41.0 Å². The largest absolute Gasteiger partial charge is 0.325 e. The number of anilines is 2. The van der Waals surface area contributed by atoms with Crippen LogP contribution in [0.25, 0.3) is 0 Å². The highest BCUT2D eigenvalue weighted by Crippen LogP contribution is 2.19. The SMILES string of the molecule is CCn1c(CC(=O)Nc2ccccc2C)nnc1SCC(=O)Nc1nccs1. The Balaban J connectivity index is 1.59. The molecule has 0 aliphatic heterocycles. The number of aromatic nitrogens is 4. The fourth-order valence-electron chi connectivity index (χ4n) is 2.50. The lowest BCUT2D eigenvalue weighted by molar-refractivity contribution is -0.116. The second-order valence-corrected chi connectivity index (χ2v) is 7.69. The minimum Gasteiger partial charge on any atom is -0.325 e. The van der Waals surface area contributed by atoms with Gasteiger partial charge in [-0.25, -0.2) is 4.98 Å². The highest BCUT2D eigenvalue weighted by molar-refractivity contribution is 7.99. The van der Waals surface area contributed by atoms with E-state index in [4.69, 9.17) is 0 Å². The molecule has 8 nitrogen and oxygen atoms in total. The molecule has 2 N–H and O–H groups in total. The Hall–Kier alpha value is -2.72. The van der Waals surface area contributed by atoms with Gasteiger partial charge in [0.2, 0.25) is 11.8 Å². The van der Waals surface area contributed by atoms with Crippen molar-refractivity contribution in [2.45, 2.75) is 32.0 Å². The number of aryl methyl sites for hydroxylation is 1. The Morgan fingerprint density at radius 3 is 2.71 bits per heavy atom. The average Bonchev–Trinajstić information content (AvgIpc) is 3.31. The number of amides is 2. The van der Waals surface area contributed by atoms with Gasteiger partial charge >= 0.3 is 0 Å². The molecular weight excluding hydrogens is 396 g/mol. The summed E-state index contributed by atoms with van der Waals surface area (Å²) in [5.41, 5.74) is 1.78. The van der Waals surface area contributed by atoms with Crippen LogP contribution in [0, 0.1) is 6.92 Å². The molecular formula is C18H20N6O2S2. The van der Waals surface area contributed by atoms with Crippen molar-refractivity contribution in [1.29, 1.82) is 0 Å². The van der Waals surface area contributed by atoms with Gasteiger partial charge in [-0.2, -0.15) is 0 Å². The molecule has 28 heavy (non-hydrogen) atoms. The second-order valence-electron chi connectivity index (χ2n) is 5.86. The summed E-state index contributed by atoms with van der Waals surface area (Å²) in [5, 5.41) is 16.9. The van der Waals surface area contributed by atoms with E-state index in [-0.39, 0.29) is 24.0 Å². The van der Waals surface area contributed by atoms with Gasteiger partial charge in [-0.15, -0.1) is 21.5 Å². The maximum absolute atomic E-state index is 12.4. The zero-order valence-corrected chi connectivity index (χ0v) is 17.1. The number of hydrogen-bond donors (Lipinski definition) is 2. The molecule has 0 fully saturated rings. The van der Waals surface area contributed by atoms with Gasteiger partial charge in [-0.1, -0.05) is 30.0 Å². The van der Waals surface area contributed by atoms with Gasteiger partial charge in [0.15, 0.2) is 10.3 Å². The summed E-state index contributed by atoms with van der Waals surface area (Å²) in [6.45, 7) is 4.50. The highest BCUT2D eigenvalue weighted by Gasteiger charge is 2.16. The van der Waals surface area contributed by atoms with E-state index in [9.17, 15) is 9.59 Å². The molecule has 0 atom stereocenters. The Bertz CT molecular complexity index is 955. The van der Waals surface area contributed by atoms with Crippen molar-refractivity contribution < 1.29 is 9.59 Å². The van der Waals surface area contributed by atoms with Crippen molar-refractivity contribution >= 4 is 45.7 Å². The topological polar surface area (TPSA) is 102 Å². The quantitative estimate of drug-likeness (QED) is 0.548. The summed E-state index contributed by atoms with van der Waals surface area (Å²) in [7, 11) is 0. The lowest BCUT2D eigenvalue weighted by Gasteiger charge is -2.09. The van der Waals surface area contributed by atoms with Gasteiger partial charge in [-0.3, -0.25) is 9.59 Å². The second kappa shape index (κ2) is 9.47. The third-order valence-corrected chi connectivity index (χ3v) is 5.51. The Labute approximate surface area is 170 Å². The lowest BCUT2D eigenvalue weighted by Crippen LogP contribution is -2.18. The number of thioether (sulfide) groups is 1. The molecule has 3 rings (SSSR count). The van der Waals surface area contributed by atoms with Crippen LogP contribution in [-0.4, -0.2) is 37.3 Å². The lowest BCUT2D eigenvalue weighted by atomic mass is 10.2. The van der Waals surface area contributed by atoms with Crippen LogP contribution in [0.5, 0.6) is 0 Å². The third kappa shape index (κ3) is 5.17. The van der Waals surface area contributed by atoms with E-state index < -0.39 is 0 Å². The minimum absolute atomic E-state index is 0.112. The first-order valence-corrected chi connectivity index (χ1v) is 10.5. The van der Waals surface area contributed by atoms with Gasteiger partial charge in [0.25, 0.3) is 0 Å². The number of para-hydroxylation sites is 1. The number of carbonyl (C=O) groups is 2. The number of nitrogens with zero attached hydrogens (tertiary/aromatic N) is 4. The molecule has 0 saturated carbocycles. The van der Waals surface area contributed by atoms with E-state index in [1.165, 1.54) is 23.1 Å². The number of hydrogen-bond acceptors (Lipinski definition) is 7. The zero-order chi connectivity index (χ0) is 19.9. The van der Waals surface area contributed by atoms with E-state index in [0.717, 1.165) is 11.3 Å². The normalized spacial score (nSPS) is 10.6. The average molecular weight is 417 g/mol. The molecule has 2 amide bonds. The third-order valence-electron chi connectivity index (χ3n) is 3.86. The monoisotopic (exact) mass is 416 g/mol. The molecule has 0 aliphatic carbocycles. The molecule has 10 heteroatoms. The minimum atomic E-state index is -0.163. The number of carbonyl (C=O) groups excluding carboxylic acids is 2. The predicted molar refractivity (Wildman–Crippen MR) is 111 cm³/mol. The van der Waals surface area contributed by atoms with Crippen molar-refractivity contribution in [2.24, 2.45) is 0 Å². The maximum atomic E-state index is 12.4. The molecule has 2 aromatic heterocycles. The van der Waals surface area contributed by atoms with Crippen LogP contribution < -0.4 is 10.6 Å². The smallest absolute Gasteiger partial charge is 0.236 e. The van der Waals surface area contributed by atoms with E-state index in [2.05, 4.69) is 25.8 Å². The van der Waals surface area contributed by atoms with Crippen molar-refractivity contribution in [2.75, 3.05) is 16.4 Å². The van der Waals surface area contributed by atoms with Crippen LogP contribution in [0.2, 0.25) is 0 Å². The van der Waals surface area contributed by atoms with Crippen LogP contribution in [0.3, 0.4) is 0 Å². The molecule has 146 valence electrons. The van der Waals surface area contributed by atoms with Crippen molar-refractivity contribution in [3.05, 3.63) is 47.2 Å². The number of rotatable bonds is 8. The summed E-state index contributed by atoms with van der Waals surface area (Å²) in [4.78, 5) is 28.4. The zero-order valence-electron chi connectivity index (χ0n) is 15.5. The van der Waals surface area contributed by atoms with Crippen LogP contribution >= 0.6 is 23.1 Å². The van der Waals surface area contributed by atoms with Crippen molar-refractivity contribution in [1.82, 2.24) is 19.7 Å². The van der Waals surface area contributed by atoms with Crippen LogP contribution in [0.4, 0.5) is 10.8 Å². The van der Waals surface area contributed by atoms with Crippen LogP contribution in [-0.2, 0) is 22.6 Å². The molecule has 0 unspecified atom stereocenters. The fraction of sp³-hybridized carbons (Fsp3) is 0.278. The fourth-order valence-corrected chi connectivity index (χ4v) is 3.86. The first-order chi connectivity index (χ1) is 13.6. The summed E-state index contributed by atoms with van der Waals surface area (Å²) < 4.78 is 1.85. The van der Waals surface area contributed by atoms with Crippen LogP contribution in [0.1, 0.15) is 18.3 Å². The van der Waals surface area contributed by atoms with E-state index in [0.29, 0.717) is 22.7 Å². The van der Waals surface area contributed by atoms with E-state index >= 15 is 0 Å². The predicted octanol–water partition coefficient (Wildman–Crippen LogP) is 2.97. The molecule has 0 saturated heterocycles. The maximum Gasteiger partial charge on any atom is 0.236 e. The van der Waals surface area contributed by atoms with Crippen molar-refractivity contribution in [3.8, 4) is 0 Å². The Morgan fingerprint density at radius 2 is 2.00 bits per heavy atom. The molecule has 0 radical (unpaired) electrons. The van der Waals surface area contributed by atoms with Gasteiger partial charge in [-0.05, 0) is 25.5 Å². The molecule has 0 bridgehead atoms. The summed E-state index contributed by atoms with van der Waals surface area (Å²) >= 11 is 2.64. The summed E-state index contributed by atoms with van der Waals surface area (Å²) in [6.07, 6.45) is 1.75. The number of nitrogens with one attached hydrogen (secondary N) is 2. The van der Waals surface area contributed by atoms with Gasteiger partial charge < -0.3 is 15.2 Å². The summed E-state index contributed by atoms with van der Waals surface area (Å²) in [5.74, 6) is 0.433. The van der Waals surface area contributed by atoms with Gasteiger partial charge in [0, 0.05) is 23.8 Å². The standard InChI is InChI=1S/C18H20N6O2S2/c1-3-24-14(10-15(25)20-13-7-5-4-6-12(13)2)22-23-18(24)28-11-16(26)21-17-19-8-9-27-17/h4-9H,3,10-11H2,1-2H3,(H,20,25)(H,19,21,26). The van der Waals surface area contributed by atoms with E-state index in [1.807, 2.05) is 42.7 Å². The van der Waals surface area contributed by atoms with Crippen molar-refractivity contribution in [3.63, 3.8) is 0 Å². The number of benzene rings is 1. The Morgan fingerprint density at radius 1 is 1.18 bits per heavy atom. The molecule has 1 aromatic carbocycles. The van der Waals surface area contributed by atoms with E-state index in [1.54, 1.807) is 11.6 Å². The Kier molecular flexibility index (Phi) is 6.77. The molecule has 0 aliphatic rings. The van der Waals surface area contributed by atoms with Gasteiger partial charge in [0.1, 0.15) is 5.82 Å². The number of thiazole rings is 1. The summed E-state index contributed by atoms with van der Waals surface area (Å²) in [6, 6.07) is 7.60. The van der Waals surface area contributed by atoms with Gasteiger partial charge in [0.05, 0.1) is 12.2 Å². The first-order valence-electron chi connectivity index (χ1n) is 8.66.